The van der Waals surface area contributed by atoms with Crippen molar-refractivity contribution in [2.75, 3.05) is 5.32 Å². The fraction of sp³-hybridized carbons (Fsp3) is 0.286. The molecule has 0 bridgehead atoms. The van der Waals surface area contributed by atoms with Crippen LogP contribution in [0.15, 0.2) is 12.5 Å². The highest BCUT2D eigenvalue weighted by molar-refractivity contribution is 7.09. The molecule has 0 aromatic carbocycles. The van der Waals surface area contributed by atoms with Gasteiger partial charge in [0, 0.05) is 29.3 Å². The van der Waals surface area contributed by atoms with Gasteiger partial charge in [-0.3, -0.25) is 5.10 Å². The van der Waals surface area contributed by atoms with Gasteiger partial charge in [0.2, 0.25) is 5.13 Å². The number of anilines is 1. The Morgan fingerprint density at radius 2 is 2.54 bits per heavy atom. The Balaban J connectivity index is 1.97. The molecule has 6 heteroatoms. The zero-order chi connectivity index (χ0) is 9.10. The first-order valence-corrected chi connectivity index (χ1v) is 4.63. The molecule has 0 aliphatic carbocycles. The molecule has 0 spiro atoms. The lowest BCUT2D eigenvalue weighted by molar-refractivity contribution is 1.04. The molecule has 13 heavy (non-hydrogen) atoms. The van der Waals surface area contributed by atoms with Gasteiger partial charge in [0.15, 0.2) is 0 Å². The van der Waals surface area contributed by atoms with Gasteiger partial charge in [0.25, 0.3) is 0 Å². The molecule has 2 heterocycles. The van der Waals surface area contributed by atoms with Crippen molar-refractivity contribution in [1.82, 2.24) is 19.6 Å². The van der Waals surface area contributed by atoms with Crippen molar-refractivity contribution < 1.29 is 0 Å². The molecule has 0 fully saturated rings. The van der Waals surface area contributed by atoms with Crippen molar-refractivity contribution >= 4 is 16.7 Å². The molecule has 0 unspecified atom stereocenters. The molecule has 0 saturated carbocycles. The lowest BCUT2D eigenvalue weighted by Gasteiger charge is -1.99. The standard InChI is InChI=1S/C7H9N5S/c1-5-6(3-10-12-5)2-8-7-9-4-11-13-7/h3-4H,2H2,1H3,(H,10,12)(H,8,9,11). The van der Waals surface area contributed by atoms with Crippen molar-refractivity contribution in [3.63, 3.8) is 0 Å². The van der Waals surface area contributed by atoms with Crippen molar-refractivity contribution in [1.29, 1.82) is 0 Å². The topological polar surface area (TPSA) is 66.5 Å². The molecule has 5 nitrogen and oxygen atoms in total. The molecule has 2 rings (SSSR count). The van der Waals surface area contributed by atoms with Crippen LogP contribution in [0, 0.1) is 6.92 Å². The average Bonchev–Trinajstić information content (AvgIpc) is 2.72. The summed E-state index contributed by atoms with van der Waals surface area (Å²) < 4.78 is 3.89. The fourth-order valence-corrected chi connectivity index (χ4v) is 1.40. The largest absolute Gasteiger partial charge is 0.356 e. The van der Waals surface area contributed by atoms with Gasteiger partial charge in [-0.15, -0.1) is 0 Å². The Morgan fingerprint density at radius 3 is 3.15 bits per heavy atom. The number of nitrogens with zero attached hydrogens (tertiary/aromatic N) is 3. The van der Waals surface area contributed by atoms with E-state index < -0.39 is 0 Å². The monoisotopic (exact) mass is 195 g/mol. The van der Waals surface area contributed by atoms with Crippen LogP contribution in [0.4, 0.5) is 5.13 Å². The molecular formula is C7H9N5S. The van der Waals surface area contributed by atoms with E-state index in [1.807, 2.05) is 13.1 Å². The minimum atomic E-state index is 0.734. The second-order valence-electron chi connectivity index (χ2n) is 2.62. The summed E-state index contributed by atoms with van der Waals surface area (Å²) in [5, 5.41) is 10.8. The number of nitrogens with one attached hydrogen (secondary N) is 2. The van der Waals surface area contributed by atoms with Crippen LogP contribution in [0.2, 0.25) is 0 Å². The molecule has 0 aliphatic rings. The maximum Gasteiger partial charge on any atom is 0.202 e. The summed E-state index contributed by atoms with van der Waals surface area (Å²) in [4.78, 5) is 4.01. The van der Waals surface area contributed by atoms with E-state index in [0.29, 0.717) is 0 Å². The van der Waals surface area contributed by atoms with Gasteiger partial charge in [-0.2, -0.15) is 9.47 Å². The van der Waals surface area contributed by atoms with Crippen LogP contribution in [0.5, 0.6) is 0 Å². The third-order valence-corrected chi connectivity index (χ3v) is 2.35. The zero-order valence-electron chi connectivity index (χ0n) is 7.11. The van der Waals surface area contributed by atoms with Crippen LogP contribution in [0.1, 0.15) is 11.3 Å². The van der Waals surface area contributed by atoms with Gasteiger partial charge >= 0.3 is 0 Å². The molecular weight excluding hydrogens is 186 g/mol. The van der Waals surface area contributed by atoms with E-state index >= 15 is 0 Å². The first kappa shape index (κ1) is 8.18. The van der Waals surface area contributed by atoms with Gasteiger partial charge in [-0.25, -0.2) is 4.98 Å². The third kappa shape index (κ3) is 1.83. The van der Waals surface area contributed by atoms with E-state index in [2.05, 4.69) is 24.9 Å². The molecule has 0 radical (unpaired) electrons. The van der Waals surface area contributed by atoms with E-state index in [0.717, 1.165) is 22.9 Å². The summed E-state index contributed by atoms with van der Waals surface area (Å²) in [6.45, 7) is 2.72. The summed E-state index contributed by atoms with van der Waals surface area (Å²) in [6, 6.07) is 0. The Bertz CT molecular complexity index is 366. The maximum atomic E-state index is 4.01. The van der Waals surface area contributed by atoms with E-state index in [1.54, 1.807) is 0 Å². The minimum Gasteiger partial charge on any atom is -0.356 e. The molecule has 0 saturated heterocycles. The molecule has 2 aromatic heterocycles. The molecule has 0 amide bonds. The predicted octanol–water partition coefficient (Wildman–Crippen LogP) is 1.18. The Hall–Kier alpha value is -1.43. The van der Waals surface area contributed by atoms with Crippen molar-refractivity contribution in [3.05, 3.63) is 23.8 Å². The molecule has 68 valence electrons. The molecule has 0 aliphatic heterocycles. The average molecular weight is 195 g/mol. The van der Waals surface area contributed by atoms with Crippen LogP contribution in [-0.2, 0) is 6.54 Å². The summed E-state index contributed by atoms with van der Waals surface area (Å²) in [7, 11) is 0. The van der Waals surface area contributed by atoms with Crippen LogP contribution in [0.3, 0.4) is 0 Å². The number of aryl methyl sites for hydroxylation is 1. The first-order chi connectivity index (χ1) is 6.36. The molecule has 2 N–H and O–H groups in total. The summed E-state index contributed by atoms with van der Waals surface area (Å²) in [6.07, 6.45) is 3.35. The number of aromatic nitrogens is 4. The number of hydrogen-bond acceptors (Lipinski definition) is 5. The minimum absolute atomic E-state index is 0.734. The van der Waals surface area contributed by atoms with E-state index in [9.17, 15) is 0 Å². The van der Waals surface area contributed by atoms with Gasteiger partial charge in [-0.1, -0.05) is 0 Å². The normalized spacial score (nSPS) is 10.2. The number of H-pyrrole nitrogens is 1. The van der Waals surface area contributed by atoms with E-state index in [1.165, 1.54) is 17.9 Å². The van der Waals surface area contributed by atoms with Crippen LogP contribution in [-0.4, -0.2) is 19.6 Å². The Labute approximate surface area is 79.4 Å². The third-order valence-electron chi connectivity index (χ3n) is 1.73. The molecule has 2 aromatic rings. The zero-order valence-corrected chi connectivity index (χ0v) is 7.93. The van der Waals surface area contributed by atoms with Crippen LogP contribution in [0.25, 0.3) is 0 Å². The summed E-state index contributed by atoms with van der Waals surface area (Å²) >= 11 is 1.35. The second kappa shape index (κ2) is 3.53. The maximum absolute atomic E-state index is 4.01. The highest BCUT2D eigenvalue weighted by atomic mass is 32.1. The van der Waals surface area contributed by atoms with Crippen molar-refractivity contribution in [2.45, 2.75) is 13.5 Å². The number of aromatic amines is 1. The van der Waals surface area contributed by atoms with Gasteiger partial charge in [0.1, 0.15) is 6.33 Å². The van der Waals surface area contributed by atoms with E-state index in [-0.39, 0.29) is 0 Å². The van der Waals surface area contributed by atoms with Crippen LogP contribution >= 0.6 is 11.5 Å². The quantitative estimate of drug-likeness (QED) is 0.771. The predicted molar refractivity (Wildman–Crippen MR) is 50.6 cm³/mol. The SMILES string of the molecule is Cc1[nH]ncc1CNc1ncns1. The summed E-state index contributed by atoms with van der Waals surface area (Å²) in [5.74, 6) is 0. The fourth-order valence-electron chi connectivity index (χ4n) is 0.976. The first-order valence-electron chi connectivity index (χ1n) is 3.85. The number of hydrogen-bond donors (Lipinski definition) is 2. The Kier molecular flexibility index (Phi) is 2.22. The lowest BCUT2D eigenvalue weighted by atomic mass is 10.3. The van der Waals surface area contributed by atoms with Crippen LogP contribution < -0.4 is 5.32 Å². The van der Waals surface area contributed by atoms with Crippen molar-refractivity contribution in [3.8, 4) is 0 Å². The smallest absolute Gasteiger partial charge is 0.202 e. The second-order valence-corrected chi connectivity index (χ2v) is 3.40. The van der Waals surface area contributed by atoms with Gasteiger partial charge in [0.05, 0.1) is 6.20 Å². The number of rotatable bonds is 3. The Morgan fingerprint density at radius 1 is 1.62 bits per heavy atom. The summed E-state index contributed by atoms with van der Waals surface area (Å²) in [5.41, 5.74) is 2.23. The highest BCUT2D eigenvalue weighted by Crippen LogP contribution is 2.10. The van der Waals surface area contributed by atoms with E-state index in [4.69, 9.17) is 0 Å². The lowest BCUT2D eigenvalue weighted by Crippen LogP contribution is -1.98. The van der Waals surface area contributed by atoms with Gasteiger partial charge in [-0.05, 0) is 6.92 Å². The highest BCUT2D eigenvalue weighted by Gasteiger charge is 2.00. The molecule has 0 atom stereocenters. The van der Waals surface area contributed by atoms with Crippen molar-refractivity contribution in [2.24, 2.45) is 0 Å². The van der Waals surface area contributed by atoms with Gasteiger partial charge < -0.3 is 5.32 Å².